The lowest BCUT2D eigenvalue weighted by molar-refractivity contribution is -0.120. The molecule has 56 heavy (non-hydrogen) atoms. The Morgan fingerprint density at radius 2 is 1.02 bits per heavy atom. The molecular formula is C47H58N6O3. The zero-order valence-electron chi connectivity index (χ0n) is 33.3. The van der Waals surface area contributed by atoms with Crippen LogP contribution in [0.2, 0.25) is 0 Å². The van der Waals surface area contributed by atoms with Crippen LogP contribution < -0.4 is 16.0 Å². The molecule has 9 nitrogen and oxygen atoms in total. The van der Waals surface area contributed by atoms with Crippen LogP contribution in [0, 0.1) is 0 Å². The van der Waals surface area contributed by atoms with Gasteiger partial charge >= 0.3 is 0 Å². The van der Waals surface area contributed by atoms with E-state index in [1.54, 1.807) is 20.8 Å². The van der Waals surface area contributed by atoms with Gasteiger partial charge in [0.05, 0.1) is 11.0 Å². The maximum atomic E-state index is 11.2. The number of benzene rings is 2. The van der Waals surface area contributed by atoms with Crippen molar-refractivity contribution in [2.45, 2.75) is 134 Å². The molecule has 0 saturated heterocycles. The van der Waals surface area contributed by atoms with Crippen molar-refractivity contribution in [3.8, 4) is 0 Å². The smallest absolute Gasteiger partial charge is 0.217 e. The maximum Gasteiger partial charge on any atom is 0.217 e. The highest BCUT2D eigenvalue weighted by Crippen LogP contribution is 2.35. The van der Waals surface area contributed by atoms with E-state index in [1.165, 1.54) is 54.1 Å². The zero-order valence-corrected chi connectivity index (χ0v) is 33.3. The molecule has 3 aliphatic rings. The molecule has 0 bridgehead atoms. The number of nitrogens with zero attached hydrogens (tertiary/aromatic N) is 3. The highest BCUT2D eigenvalue weighted by molar-refractivity contribution is 5.79. The van der Waals surface area contributed by atoms with Gasteiger partial charge in [-0.3, -0.25) is 29.3 Å². The Kier molecular flexibility index (Phi) is 14.5. The lowest BCUT2D eigenvalue weighted by Gasteiger charge is -2.29. The average molecular weight is 755 g/mol. The van der Waals surface area contributed by atoms with Gasteiger partial charge in [0.1, 0.15) is 0 Å². The lowest BCUT2D eigenvalue weighted by Crippen LogP contribution is -2.36. The third-order valence-corrected chi connectivity index (χ3v) is 11.5. The summed E-state index contributed by atoms with van der Waals surface area (Å²) in [6, 6.07) is 30.2. The zero-order chi connectivity index (χ0) is 39.3. The fraction of sp³-hybridized carbons (Fsp3) is 0.447. The van der Waals surface area contributed by atoms with Gasteiger partial charge in [-0.05, 0) is 106 Å². The third kappa shape index (κ3) is 11.9. The van der Waals surface area contributed by atoms with Crippen LogP contribution in [0.1, 0.15) is 133 Å². The molecule has 3 saturated carbocycles. The number of para-hydroxylation sites is 1. The van der Waals surface area contributed by atoms with Crippen molar-refractivity contribution in [1.82, 2.24) is 30.9 Å². The van der Waals surface area contributed by atoms with E-state index in [1.807, 2.05) is 42.7 Å². The van der Waals surface area contributed by atoms with E-state index < -0.39 is 0 Å². The Balaban J connectivity index is 0.000000144. The molecule has 9 heteroatoms. The van der Waals surface area contributed by atoms with Crippen molar-refractivity contribution >= 4 is 39.5 Å². The van der Waals surface area contributed by atoms with Crippen LogP contribution in [0.15, 0.2) is 97.3 Å². The summed E-state index contributed by atoms with van der Waals surface area (Å²) in [5, 5.41) is 11.5. The number of carbonyl (C=O) groups is 3. The summed E-state index contributed by atoms with van der Waals surface area (Å²) in [4.78, 5) is 47.1. The Morgan fingerprint density at radius 3 is 1.64 bits per heavy atom. The van der Waals surface area contributed by atoms with Gasteiger partial charge in [-0.25, -0.2) is 0 Å². The topological polar surface area (TPSA) is 126 Å². The number of aromatic nitrogens is 3. The van der Waals surface area contributed by atoms with Crippen LogP contribution in [0.25, 0.3) is 21.8 Å². The van der Waals surface area contributed by atoms with Gasteiger partial charge in [0.25, 0.3) is 0 Å². The molecule has 3 aromatic heterocycles. The standard InChI is InChI=1S/2C17H20N2O.C13H18N2O/c1-12(20)19-16-6-2-4-14(10-16)15-8-7-13-5-3-9-18-17(13)11-15;1-12(20)18-15-7-4-6-14(11-15)17-10-9-13-5-2-3-8-16(13)19-17;1-10(16)15-12-6-4-5-11(9-12)13-7-2-3-8-14-13/h3,5,7-9,11,14,16H,2,4,6,10H2,1H3,(H,19,20);2-3,5,8-10,14-15H,4,6-7,11H2,1H3,(H,18,20);2-3,7-8,11-12H,4-6,9H2,1H3,(H,15,16). The first kappa shape index (κ1) is 40.5. The summed E-state index contributed by atoms with van der Waals surface area (Å²) in [5.74, 6) is 1.73. The minimum Gasteiger partial charge on any atom is -0.354 e. The molecule has 3 heterocycles. The van der Waals surface area contributed by atoms with Crippen LogP contribution in [-0.4, -0.2) is 50.8 Å². The second-order valence-electron chi connectivity index (χ2n) is 15.9. The molecule has 3 aliphatic carbocycles. The van der Waals surface area contributed by atoms with Crippen LogP contribution in [0.3, 0.4) is 0 Å². The van der Waals surface area contributed by atoms with Crippen molar-refractivity contribution in [3.05, 3.63) is 114 Å². The van der Waals surface area contributed by atoms with Crippen LogP contribution in [-0.2, 0) is 14.4 Å². The SMILES string of the molecule is CC(=O)NC1CCCC(c2ccc3ccccc3n2)C1.CC(=O)NC1CCCC(c2ccc3cccnc3c2)C1.CC(=O)NC1CCCC(c2ccccn2)C1. The molecule has 0 radical (unpaired) electrons. The monoisotopic (exact) mass is 754 g/mol. The molecule has 3 fully saturated rings. The Labute approximate surface area is 331 Å². The summed E-state index contributed by atoms with van der Waals surface area (Å²) in [6.45, 7) is 4.78. The fourth-order valence-corrected chi connectivity index (χ4v) is 8.93. The van der Waals surface area contributed by atoms with Crippen molar-refractivity contribution in [3.63, 3.8) is 0 Å². The summed E-state index contributed by atoms with van der Waals surface area (Å²) >= 11 is 0. The van der Waals surface area contributed by atoms with Crippen LogP contribution >= 0.6 is 0 Å². The second kappa shape index (κ2) is 20.1. The van der Waals surface area contributed by atoms with Crippen LogP contribution in [0.4, 0.5) is 0 Å². The summed E-state index contributed by atoms with van der Waals surface area (Å²) in [7, 11) is 0. The number of pyridine rings is 3. The van der Waals surface area contributed by atoms with E-state index in [4.69, 9.17) is 4.98 Å². The molecule has 5 aromatic rings. The van der Waals surface area contributed by atoms with E-state index in [2.05, 4.69) is 80.5 Å². The highest BCUT2D eigenvalue weighted by Gasteiger charge is 2.26. The molecular weight excluding hydrogens is 697 g/mol. The number of fused-ring (bicyclic) bond motifs is 2. The van der Waals surface area contributed by atoms with Gasteiger partial charge in [0, 0.05) is 85.3 Å². The van der Waals surface area contributed by atoms with Crippen molar-refractivity contribution in [2.24, 2.45) is 0 Å². The third-order valence-electron chi connectivity index (χ3n) is 11.5. The number of rotatable bonds is 6. The second-order valence-corrected chi connectivity index (χ2v) is 15.9. The van der Waals surface area contributed by atoms with Gasteiger partial charge in [-0.2, -0.15) is 0 Å². The summed E-state index contributed by atoms with van der Waals surface area (Å²) in [6.07, 6.45) is 17.1. The molecule has 0 spiro atoms. The quantitative estimate of drug-likeness (QED) is 0.159. The van der Waals surface area contributed by atoms with E-state index >= 15 is 0 Å². The fourth-order valence-electron chi connectivity index (χ4n) is 8.93. The first-order valence-electron chi connectivity index (χ1n) is 20.6. The number of nitrogens with one attached hydrogen (secondary N) is 3. The number of amides is 3. The average Bonchev–Trinajstić information content (AvgIpc) is 3.21. The predicted octanol–water partition coefficient (Wildman–Crippen LogP) is 9.04. The first-order chi connectivity index (χ1) is 27.2. The Hall–Kier alpha value is -5.18. The summed E-state index contributed by atoms with van der Waals surface area (Å²) in [5.41, 5.74) is 5.81. The molecule has 0 aliphatic heterocycles. The normalized spacial score (nSPS) is 23.3. The summed E-state index contributed by atoms with van der Waals surface area (Å²) < 4.78 is 0. The molecule has 3 N–H and O–H groups in total. The number of hydrogen-bond acceptors (Lipinski definition) is 6. The molecule has 2 aromatic carbocycles. The van der Waals surface area contributed by atoms with E-state index in [9.17, 15) is 14.4 Å². The molecule has 6 unspecified atom stereocenters. The van der Waals surface area contributed by atoms with E-state index in [0.29, 0.717) is 35.9 Å². The van der Waals surface area contributed by atoms with E-state index in [-0.39, 0.29) is 17.7 Å². The van der Waals surface area contributed by atoms with Gasteiger partial charge < -0.3 is 16.0 Å². The molecule has 3 amide bonds. The van der Waals surface area contributed by atoms with Crippen molar-refractivity contribution in [2.75, 3.05) is 0 Å². The number of hydrogen-bond donors (Lipinski definition) is 3. The molecule has 294 valence electrons. The van der Waals surface area contributed by atoms with Crippen LogP contribution in [0.5, 0.6) is 0 Å². The Morgan fingerprint density at radius 1 is 0.500 bits per heavy atom. The Bertz CT molecular complexity index is 1940. The van der Waals surface area contributed by atoms with Crippen molar-refractivity contribution in [1.29, 1.82) is 0 Å². The minimum absolute atomic E-state index is 0.0714. The first-order valence-corrected chi connectivity index (χ1v) is 20.6. The van der Waals surface area contributed by atoms with Gasteiger partial charge in [-0.15, -0.1) is 0 Å². The molecule has 8 rings (SSSR count). The van der Waals surface area contributed by atoms with Gasteiger partial charge in [0.2, 0.25) is 17.7 Å². The van der Waals surface area contributed by atoms with Crippen molar-refractivity contribution < 1.29 is 14.4 Å². The van der Waals surface area contributed by atoms with Gasteiger partial charge in [0.15, 0.2) is 0 Å². The van der Waals surface area contributed by atoms with E-state index in [0.717, 1.165) is 61.7 Å². The predicted molar refractivity (Wildman–Crippen MR) is 224 cm³/mol. The molecule has 6 atom stereocenters. The maximum absolute atomic E-state index is 11.2. The largest absolute Gasteiger partial charge is 0.354 e. The van der Waals surface area contributed by atoms with Gasteiger partial charge in [-0.1, -0.05) is 67.8 Å². The number of carbonyl (C=O) groups excluding carboxylic acids is 3. The lowest BCUT2D eigenvalue weighted by atomic mass is 9.81. The minimum atomic E-state index is 0.0714. The highest BCUT2D eigenvalue weighted by atomic mass is 16.2.